The van der Waals surface area contributed by atoms with Crippen molar-refractivity contribution in [3.05, 3.63) is 34.9 Å². The molecule has 3 heterocycles. The van der Waals surface area contributed by atoms with E-state index in [1.165, 1.54) is 18.2 Å². The Hall–Kier alpha value is -3.56. The number of nitrogens with zero attached hydrogens (tertiary/aromatic N) is 3. The molecule has 1 atom stereocenters. The van der Waals surface area contributed by atoms with Crippen molar-refractivity contribution in [2.24, 2.45) is 5.41 Å². The summed E-state index contributed by atoms with van der Waals surface area (Å²) < 4.78 is 0. The van der Waals surface area contributed by atoms with Gasteiger partial charge in [-0.1, -0.05) is 20.8 Å². The summed E-state index contributed by atoms with van der Waals surface area (Å²) >= 11 is 0. The van der Waals surface area contributed by atoms with Gasteiger partial charge in [0.2, 0.25) is 17.7 Å². The largest absolute Gasteiger partial charge is 0.338 e. The van der Waals surface area contributed by atoms with Crippen molar-refractivity contribution in [3.8, 4) is 0 Å². The molecule has 35 heavy (non-hydrogen) atoms. The van der Waals surface area contributed by atoms with Gasteiger partial charge in [-0.3, -0.25) is 39.0 Å². The highest BCUT2D eigenvalue weighted by Crippen LogP contribution is 2.31. The van der Waals surface area contributed by atoms with Crippen LogP contribution in [-0.4, -0.2) is 81.4 Å². The van der Waals surface area contributed by atoms with Gasteiger partial charge in [-0.25, -0.2) is 0 Å². The number of amides is 6. The van der Waals surface area contributed by atoms with Crippen LogP contribution in [0.5, 0.6) is 0 Å². The topological polar surface area (TPSA) is 124 Å². The standard InChI is InChI=1S/C25H30N4O6/c1-24(2,3)23(35)27-10-11-28(25(4,5)13-27)20(32)14-6-7-15-16(12-14)22(34)29(21(15)33)17-8-9-18(30)26-19(17)31/h6-7,12,17H,8-11,13H2,1-5H3,(H,26,30,31). The first-order valence-electron chi connectivity index (χ1n) is 11.7. The van der Waals surface area contributed by atoms with Gasteiger partial charge >= 0.3 is 0 Å². The SMILES string of the molecule is CC(C)(C)C(=O)N1CCN(C(=O)c2ccc3c(c2)C(=O)N(C2CCC(=O)NC2=O)C3=O)C(C)(C)C1. The van der Waals surface area contributed by atoms with Crippen LogP contribution in [0.4, 0.5) is 0 Å². The number of hydrogen-bond donors (Lipinski definition) is 1. The van der Waals surface area contributed by atoms with Crippen molar-refractivity contribution >= 4 is 35.4 Å². The highest BCUT2D eigenvalue weighted by molar-refractivity contribution is 6.24. The fourth-order valence-corrected chi connectivity index (χ4v) is 4.94. The van der Waals surface area contributed by atoms with Gasteiger partial charge in [0.15, 0.2) is 0 Å². The van der Waals surface area contributed by atoms with Crippen LogP contribution in [0.3, 0.4) is 0 Å². The molecule has 1 N–H and O–H groups in total. The fourth-order valence-electron chi connectivity index (χ4n) is 4.94. The smallest absolute Gasteiger partial charge is 0.262 e. The Morgan fingerprint density at radius 1 is 1.00 bits per heavy atom. The van der Waals surface area contributed by atoms with Gasteiger partial charge in [-0.15, -0.1) is 0 Å². The van der Waals surface area contributed by atoms with Gasteiger partial charge in [0, 0.05) is 37.0 Å². The van der Waals surface area contributed by atoms with Crippen LogP contribution in [0.25, 0.3) is 0 Å². The Morgan fingerprint density at radius 3 is 2.26 bits per heavy atom. The first-order chi connectivity index (χ1) is 16.2. The number of carbonyl (C=O) groups is 6. The lowest BCUT2D eigenvalue weighted by Crippen LogP contribution is -2.63. The second-order valence-electron chi connectivity index (χ2n) is 11.0. The predicted molar refractivity (Wildman–Crippen MR) is 124 cm³/mol. The molecule has 3 aliphatic heterocycles. The number of nitrogens with one attached hydrogen (secondary N) is 1. The Labute approximate surface area is 203 Å². The molecule has 6 amide bonds. The number of imide groups is 2. The molecule has 4 rings (SSSR count). The Kier molecular flexibility index (Phi) is 5.81. The molecular weight excluding hydrogens is 452 g/mol. The van der Waals surface area contributed by atoms with Crippen molar-refractivity contribution in [2.75, 3.05) is 19.6 Å². The molecule has 1 aromatic carbocycles. The van der Waals surface area contributed by atoms with E-state index < -0.39 is 40.6 Å². The molecule has 3 aliphatic rings. The van der Waals surface area contributed by atoms with Gasteiger partial charge in [-0.05, 0) is 38.5 Å². The monoisotopic (exact) mass is 482 g/mol. The first kappa shape index (κ1) is 24.6. The maximum Gasteiger partial charge on any atom is 0.262 e. The summed E-state index contributed by atoms with van der Waals surface area (Å²) in [6, 6.07) is 3.27. The van der Waals surface area contributed by atoms with E-state index in [1.807, 2.05) is 34.6 Å². The third-order valence-corrected chi connectivity index (χ3v) is 6.76. The molecule has 186 valence electrons. The van der Waals surface area contributed by atoms with Crippen LogP contribution in [0.2, 0.25) is 0 Å². The second kappa shape index (κ2) is 8.28. The zero-order valence-corrected chi connectivity index (χ0v) is 20.6. The molecular formula is C25H30N4O6. The van der Waals surface area contributed by atoms with E-state index in [4.69, 9.17) is 0 Å². The highest BCUT2D eigenvalue weighted by atomic mass is 16.2. The summed E-state index contributed by atoms with van der Waals surface area (Å²) in [6.07, 6.45) is 0.0972. The van der Waals surface area contributed by atoms with E-state index >= 15 is 0 Å². The van der Waals surface area contributed by atoms with Crippen LogP contribution in [0.1, 0.15) is 78.5 Å². The molecule has 0 saturated carbocycles. The molecule has 2 fully saturated rings. The van der Waals surface area contributed by atoms with Crippen molar-refractivity contribution in [1.82, 2.24) is 20.0 Å². The number of benzene rings is 1. The van der Waals surface area contributed by atoms with Crippen LogP contribution in [0.15, 0.2) is 18.2 Å². The van der Waals surface area contributed by atoms with Gasteiger partial charge in [0.05, 0.1) is 16.7 Å². The minimum absolute atomic E-state index is 0.0212. The lowest BCUT2D eigenvalue weighted by molar-refractivity contribution is -0.143. The number of piperazine rings is 1. The molecule has 0 aliphatic carbocycles. The van der Waals surface area contributed by atoms with Crippen LogP contribution >= 0.6 is 0 Å². The lowest BCUT2D eigenvalue weighted by Gasteiger charge is -2.48. The summed E-state index contributed by atoms with van der Waals surface area (Å²) in [7, 11) is 0. The highest BCUT2D eigenvalue weighted by Gasteiger charge is 2.46. The minimum atomic E-state index is -1.06. The Morgan fingerprint density at radius 2 is 1.66 bits per heavy atom. The quantitative estimate of drug-likeness (QED) is 0.632. The fraction of sp³-hybridized carbons (Fsp3) is 0.520. The number of hydrogen-bond acceptors (Lipinski definition) is 6. The van der Waals surface area contributed by atoms with E-state index in [-0.39, 0.29) is 41.3 Å². The average Bonchev–Trinajstić information content (AvgIpc) is 3.01. The van der Waals surface area contributed by atoms with E-state index in [0.29, 0.717) is 19.6 Å². The van der Waals surface area contributed by atoms with E-state index in [0.717, 1.165) is 4.90 Å². The number of carbonyl (C=O) groups excluding carboxylic acids is 6. The maximum atomic E-state index is 13.5. The van der Waals surface area contributed by atoms with Gasteiger partial charge < -0.3 is 9.80 Å². The Balaban J connectivity index is 1.55. The predicted octanol–water partition coefficient (Wildman–Crippen LogP) is 1.20. The zero-order chi connectivity index (χ0) is 25.9. The van der Waals surface area contributed by atoms with Crippen LogP contribution in [0, 0.1) is 5.41 Å². The first-order valence-corrected chi connectivity index (χ1v) is 11.7. The average molecular weight is 483 g/mol. The summed E-state index contributed by atoms with van der Waals surface area (Å²) in [4.78, 5) is 80.3. The molecule has 2 saturated heterocycles. The van der Waals surface area contributed by atoms with Crippen molar-refractivity contribution in [1.29, 1.82) is 0 Å². The third-order valence-electron chi connectivity index (χ3n) is 6.76. The molecule has 1 unspecified atom stereocenters. The molecule has 10 heteroatoms. The maximum absolute atomic E-state index is 13.5. The lowest BCUT2D eigenvalue weighted by atomic mass is 9.91. The van der Waals surface area contributed by atoms with Gasteiger partial charge in [0.25, 0.3) is 17.7 Å². The number of fused-ring (bicyclic) bond motifs is 1. The third kappa shape index (κ3) is 4.21. The molecule has 0 aromatic heterocycles. The van der Waals surface area contributed by atoms with Crippen molar-refractivity contribution < 1.29 is 28.8 Å². The van der Waals surface area contributed by atoms with Gasteiger partial charge in [-0.2, -0.15) is 0 Å². The van der Waals surface area contributed by atoms with Crippen LogP contribution < -0.4 is 5.32 Å². The number of piperidine rings is 1. The minimum Gasteiger partial charge on any atom is -0.338 e. The summed E-state index contributed by atoms with van der Waals surface area (Å²) in [5.41, 5.74) is -0.739. The summed E-state index contributed by atoms with van der Waals surface area (Å²) in [5.74, 6) is -2.69. The molecule has 0 radical (unpaired) electrons. The van der Waals surface area contributed by atoms with E-state index in [9.17, 15) is 28.8 Å². The normalized spacial score (nSPS) is 22.3. The molecule has 1 aromatic rings. The van der Waals surface area contributed by atoms with Gasteiger partial charge in [0.1, 0.15) is 6.04 Å². The second-order valence-corrected chi connectivity index (χ2v) is 11.0. The summed E-state index contributed by atoms with van der Waals surface area (Å²) in [5, 5.41) is 2.16. The zero-order valence-electron chi connectivity index (χ0n) is 20.6. The summed E-state index contributed by atoms with van der Waals surface area (Å²) in [6.45, 7) is 10.5. The Bertz CT molecular complexity index is 1160. The van der Waals surface area contributed by atoms with E-state index in [2.05, 4.69) is 5.32 Å². The molecule has 10 nitrogen and oxygen atoms in total. The van der Waals surface area contributed by atoms with Crippen molar-refractivity contribution in [2.45, 2.75) is 59.0 Å². The molecule has 0 spiro atoms. The van der Waals surface area contributed by atoms with Crippen molar-refractivity contribution in [3.63, 3.8) is 0 Å². The van der Waals surface area contributed by atoms with E-state index in [1.54, 1.807) is 9.80 Å². The number of rotatable bonds is 2. The van der Waals surface area contributed by atoms with Crippen LogP contribution in [-0.2, 0) is 14.4 Å². The molecule has 0 bridgehead atoms.